The fourth-order valence-corrected chi connectivity index (χ4v) is 1.59. The molecule has 0 radical (unpaired) electrons. The molecule has 0 bridgehead atoms. The molecule has 1 heterocycles. The zero-order valence-electron chi connectivity index (χ0n) is 8.48. The van der Waals surface area contributed by atoms with Crippen molar-refractivity contribution in [3.8, 4) is 11.5 Å². The number of halogens is 2. The summed E-state index contributed by atoms with van der Waals surface area (Å²) < 4.78 is 31.2. The number of aromatic hydroxyl groups is 2. The minimum atomic E-state index is -3.33. The van der Waals surface area contributed by atoms with Gasteiger partial charge in [-0.2, -0.15) is 0 Å². The number of hydrogen-bond acceptors (Lipinski definition) is 4. The van der Waals surface area contributed by atoms with E-state index in [-0.39, 0.29) is 11.3 Å². The van der Waals surface area contributed by atoms with Crippen LogP contribution in [0.1, 0.15) is 11.6 Å². The predicted octanol–water partition coefficient (Wildman–Crippen LogP) is 1.51. The Balaban J connectivity index is 2.39. The molecule has 0 spiro atoms. The first-order valence-corrected chi connectivity index (χ1v) is 4.73. The van der Waals surface area contributed by atoms with E-state index in [1.807, 2.05) is 5.32 Å². The molecule has 0 aromatic heterocycles. The number of carbonyl (C=O) groups excluding carboxylic acids is 1. The van der Waals surface area contributed by atoms with Crippen molar-refractivity contribution in [3.05, 3.63) is 23.8 Å². The molecule has 5 nitrogen and oxygen atoms in total. The highest BCUT2D eigenvalue weighted by Crippen LogP contribution is 2.39. The Hall–Kier alpha value is -2.05. The van der Waals surface area contributed by atoms with Crippen molar-refractivity contribution in [1.82, 2.24) is 5.32 Å². The molecule has 1 aliphatic rings. The van der Waals surface area contributed by atoms with Gasteiger partial charge in [0.25, 0.3) is 0 Å². The van der Waals surface area contributed by atoms with Gasteiger partial charge in [0.2, 0.25) is 0 Å². The van der Waals surface area contributed by atoms with Crippen LogP contribution < -0.4 is 5.32 Å². The summed E-state index contributed by atoms with van der Waals surface area (Å²) in [6, 6.07) is 1.51. The first-order valence-electron chi connectivity index (χ1n) is 4.73. The molecular formula is C10H9F2NO4. The van der Waals surface area contributed by atoms with Crippen LogP contribution in [0.3, 0.4) is 0 Å². The number of cyclic esters (lactones) is 1. The first-order chi connectivity index (χ1) is 7.90. The summed E-state index contributed by atoms with van der Waals surface area (Å²) in [5.74, 6) is -4.10. The summed E-state index contributed by atoms with van der Waals surface area (Å²) in [7, 11) is 0. The number of ether oxygens (including phenoxy) is 1. The van der Waals surface area contributed by atoms with Crippen LogP contribution in [-0.2, 0) is 4.74 Å². The standard InChI is InChI=1S/C10H9F2NO4/c11-10(12)4-17-9(16)13-8(10)6-2-1-5(14)3-7(6)15/h1-3,8,14-15H,4H2,(H,13,16)/t8-/m1/s1. The molecule has 2 rings (SSSR count). The van der Waals surface area contributed by atoms with Gasteiger partial charge in [-0.05, 0) is 12.1 Å². The number of nitrogens with one attached hydrogen (secondary N) is 1. The number of phenols is 2. The minimum absolute atomic E-state index is 0.176. The number of hydrogen-bond donors (Lipinski definition) is 3. The zero-order chi connectivity index (χ0) is 12.6. The van der Waals surface area contributed by atoms with Crippen LogP contribution >= 0.6 is 0 Å². The zero-order valence-corrected chi connectivity index (χ0v) is 8.48. The Morgan fingerprint density at radius 1 is 1.41 bits per heavy atom. The lowest BCUT2D eigenvalue weighted by Gasteiger charge is -2.32. The maximum atomic E-state index is 13.5. The number of alkyl carbamates (subject to hydrolysis) is 1. The minimum Gasteiger partial charge on any atom is -0.508 e. The number of alkyl halides is 2. The first kappa shape index (κ1) is 11.4. The lowest BCUT2D eigenvalue weighted by atomic mass is 9.99. The highest BCUT2D eigenvalue weighted by atomic mass is 19.3. The monoisotopic (exact) mass is 245 g/mol. The smallest absolute Gasteiger partial charge is 0.408 e. The molecule has 0 aliphatic carbocycles. The molecule has 1 amide bonds. The number of benzene rings is 1. The van der Waals surface area contributed by atoms with E-state index in [1.54, 1.807) is 0 Å². The number of amides is 1. The third-order valence-electron chi connectivity index (χ3n) is 2.41. The largest absolute Gasteiger partial charge is 0.508 e. The Kier molecular flexibility index (Phi) is 2.53. The van der Waals surface area contributed by atoms with Crippen LogP contribution in [0.2, 0.25) is 0 Å². The Bertz CT molecular complexity index is 464. The SMILES string of the molecule is O=C1N[C@H](c2ccc(O)cc2O)C(F)(F)CO1. The van der Waals surface area contributed by atoms with E-state index in [0.29, 0.717) is 0 Å². The second kappa shape index (κ2) is 3.76. The quantitative estimate of drug-likeness (QED) is 0.700. The van der Waals surface area contributed by atoms with Crippen LogP contribution in [0.25, 0.3) is 0 Å². The van der Waals surface area contributed by atoms with Gasteiger partial charge in [0.05, 0.1) is 0 Å². The number of carbonyl (C=O) groups is 1. The molecule has 17 heavy (non-hydrogen) atoms. The van der Waals surface area contributed by atoms with Crippen molar-refractivity contribution in [2.75, 3.05) is 6.61 Å². The molecule has 92 valence electrons. The maximum Gasteiger partial charge on any atom is 0.408 e. The Labute approximate surface area is 94.6 Å². The molecular weight excluding hydrogens is 236 g/mol. The van der Waals surface area contributed by atoms with E-state index in [0.717, 1.165) is 18.2 Å². The molecule has 1 saturated heterocycles. The van der Waals surface area contributed by atoms with Gasteiger partial charge in [0, 0.05) is 11.6 Å². The van der Waals surface area contributed by atoms with Gasteiger partial charge in [-0.25, -0.2) is 13.6 Å². The number of rotatable bonds is 1. The molecule has 1 atom stereocenters. The van der Waals surface area contributed by atoms with E-state index >= 15 is 0 Å². The van der Waals surface area contributed by atoms with Gasteiger partial charge in [0.1, 0.15) is 17.5 Å². The average Bonchev–Trinajstić information content (AvgIpc) is 2.23. The van der Waals surface area contributed by atoms with Crippen molar-refractivity contribution in [3.63, 3.8) is 0 Å². The normalized spacial score (nSPS) is 22.7. The molecule has 1 aromatic carbocycles. The van der Waals surface area contributed by atoms with E-state index in [9.17, 15) is 18.7 Å². The van der Waals surface area contributed by atoms with Gasteiger partial charge < -0.3 is 20.3 Å². The van der Waals surface area contributed by atoms with Crippen molar-refractivity contribution < 1.29 is 28.5 Å². The lowest BCUT2D eigenvalue weighted by Crippen LogP contribution is -2.49. The highest BCUT2D eigenvalue weighted by Gasteiger charge is 2.47. The lowest BCUT2D eigenvalue weighted by molar-refractivity contribution is -0.104. The molecule has 1 fully saturated rings. The van der Waals surface area contributed by atoms with Gasteiger partial charge in [-0.1, -0.05) is 0 Å². The summed E-state index contributed by atoms with van der Waals surface area (Å²) in [5.41, 5.74) is -0.176. The van der Waals surface area contributed by atoms with Crippen molar-refractivity contribution in [2.24, 2.45) is 0 Å². The predicted molar refractivity (Wildman–Crippen MR) is 51.9 cm³/mol. The third-order valence-corrected chi connectivity index (χ3v) is 2.41. The fourth-order valence-electron chi connectivity index (χ4n) is 1.59. The van der Waals surface area contributed by atoms with Crippen LogP contribution in [0.4, 0.5) is 13.6 Å². The van der Waals surface area contributed by atoms with Gasteiger partial charge in [0.15, 0.2) is 6.61 Å². The summed E-state index contributed by atoms with van der Waals surface area (Å²) >= 11 is 0. The molecule has 7 heteroatoms. The second-order valence-corrected chi connectivity index (χ2v) is 3.66. The second-order valence-electron chi connectivity index (χ2n) is 3.66. The maximum absolute atomic E-state index is 13.5. The van der Waals surface area contributed by atoms with Crippen LogP contribution in [-0.4, -0.2) is 28.8 Å². The van der Waals surface area contributed by atoms with E-state index in [4.69, 9.17) is 5.11 Å². The summed E-state index contributed by atoms with van der Waals surface area (Å²) in [5, 5.41) is 20.5. The van der Waals surface area contributed by atoms with E-state index in [2.05, 4.69) is 4.74 Å². The van der Waals surface area contributed by atoms with E-state index in [1.165, 1.54) is 0 Å². The van der Waals surface area contributed by atoms with Crippen LogP contribution in [0.15, 0.2) is 18.2 Å². The van der Waals surface area contributed by atoms with Crippen LogP contribution in [0, 0.1) is 0 Å². The molecule has 0 saturated carbocycles. The molecule has 0 unspecified atom stereocenters. The summed E-state index contributed by atoms with van der Waals surface area (Å²) in [4.78, 5) is 10.9. The van der Waals surface area contributed by atoms with Gasteiger partial charge in [-0.3, -0.25) is 0 Å². The summed E-state index contributed by atoms with van der Waals surface area (Å²) in [6.45, 7) is -1.05. The summed E-state index contributed by atoms with van der Waals surface area (Å²) in [6.07, 6.45) is -0.978. The van der Waals surface area contributed by atoms with E-state index < -0.39 is 30.4 Å². The Morgan fingerprint density at radius 2 is 2.12 bits per heavy atom. The molecule has 3 N–H and O–H groups in total. The van der Waals surface area contributed by atoms with Crippen molar-refractivity contribution in [1.29, 1.82) is 0 Å². The Morgan fingerprint density at radius 3 is 2.76 bits per heavy atom. The van der Waals surface area contributed by atoms with Crippen molar-refractivity contribution in [2.45, 2.75) is 12.0 Å². The van der Waals surface area contributed by atoms with Crippen molar-refractivity contribution >= 4 is 6.09 Å². The van der Waals surface area contributed by atoms with Gasteiger partial charge in [-0.15, -0.1) is 0 Å². The molecule has 1 aliphatic heterocycles. The van der Waals surface area contributed by atoms with Gasteiger partial charge >= 0.3 is 12.0 Å². The fraction of sp³-hybridized carbons (Fsp3) is 0.300. The number of phenolic OH excluding ortho intramolecular Hbond substituents is 2. The average molecular weight is 245 g/mol. The van der Waals surface area contributed by atoms with Crippen LogP contribution in [0.5, 0.6) is 11.5 Å². The third kappa shape index (κ3) is 2.08. The topological polar surface area (TPSA) is 78.8 Å². The molecule has 1 aromatic rings. The highest BCUT2D eigenvalue weighted by molar-refractivity contribution is 5.69.